The van der Waals surface area contributed by atoms with E-state index in [4.69, 9.17) is 11.6 Å². The summed E-state index contributed by atoms with van der Waals surface area (Å²) in [6, 6.07) is 5.50. The second-order valence-corrected chi connectivity index (χ2v) is 8.47. The molecule has 0 spiro atoms. The number of imidazole rings is 1. The maximum atomic E-state index is 14.4. The fourth-order valence-corrected chi connectivity index (χ4v) is 4.48. The molecule has 1 aromatic carbocycles. The van der Waals surface area contributed by atoms with Gasteiger partial charge in [0.1, 0.15) is 16.2 Å². The molecule has 3 aromatic heterocycles. The Labute approximate surface area is 188 Å². The zero-order valence-corrected chi connectivity index (χ0v) is 18.3. The fraction of sp³-hybridized carbons (Fsp3) is 0.273. The number of anilines is 2. The maximum Gasteiger partial charge on any atom is 0.257 e. The summed E-state index contributed by atoms with van der Waals surface area (Å²) < 4.78 is 15.8. The lowest BCUT2D eigenvalue weighted by Crippen LogP contribution is -2.54. The number of nitrogens with zero attached hydrogens (tertiary/aromatic N) is 5. The van der Waals surface area contributed by atoms with Crippen LogP contribution in [0, 0.1) is 5.82 Å². The van der Waals surface area contributed by atoms with Gasteiger partial charge in [-0.3, -0.25) is 14.8 Å². The van der Waals surface area contributed by atoms with Crippen molar-refractivity contribution in [1.29, 1.82) is 0 Å². The topological polar surface area (TPSA) is 87.5 Å². The van der Waals surface area contributed by atoms with Gasteiger partial charge in [0.25, 0.3) is 5.91 Å². The van der Waals surface area contributed by atoms with E-state index in [2.05, 4.69) is 44.3 Å². The summed E-state index contributed by atoms with van der Waals surface area (Å²) in [6.45, 7) is 5.94. The number of benzene rings is 1. The number of rotatable bonds is 3. The van der Waals surface area contributed by atoms with Crippen LogP contribution in [-0.4, -0.2) is 50.4 Å². The molecule has 2 N–H and O–H groups in total. The van der Waals surface area contributed by atoms with Crippen molar-refractivity contribution in [2.45, 2.75) is 25.9 Å². The summed E-state index contributed by atoms with van der Waals surface area (Å²) in [5.74, 6) is -0.995. The van der Waals surface area contributed by atoms with Crippen LogP contribution in [0.1, 0.15) is 24.2 Å². The van der Waals surface area contributed by atoms with E-state index in [-0.39, 0.29) is 16.5 Å². The third-order valence-corrected chi connectivity index (χ3v) is 5.66. The Morgan fingerprint density at radius 1 is 1.16 bits per heavy atom. The van der Waals surface area contributed by atoms with E-state index in [1.54, 1.807) is 24.7 Å². The third kappa shape index (κ3) is 3.74. The summed E-state index contributed by atoms with van der Waals surface area (Å²) >= 11 is 5.86. The molecule has 10 heteroatoms. The number of fused-ring (bicyclic) bond motifs is 2. The lowest BCUT2D eigenvalue weighted by molar-refractivity contribution is 0.102. The molecular formula is C22H21ClFN7O. The lowest BCUT2D eigenvalue weighted by Gasteiger charge is -2.38. The Morgan fingerprint density at radius 2 is 1.88 bits per heavy atom. The van der Waals surface area contributed by atoms with Gasteiger partial charge in [-0.25, -0.2) is 9.37 Å². The first-order valence-corrected chi connectivity index (χ1v) is 10.7. The van der Waals surface area contributed by atoms with Gasteiger partial charge in [-0.1, -0.05) is 11.6 Å². The smallest absolute Gasteiger partial charge is 0.257 e. The van der Waals surface area contributed by atoms with Crippen molar-refractivity contribution in [3.63, 3.8) is 0 Å². The number of pyridine rings is 1. The third-order valence-electron chi connectivity index (χ3n) is 5.48. The van der Waals surface area contributed by atoms with Crippen molar-refractivity contribution in [3.8, 4) is 0 Å². The summed E-state index contributed by atoms with van der Waals surface area (Å²) in [6.07, 6.45) is 6.21. The van der Waals surface area contributed by atoms with E-state index in [1.807, 2.05) is 6.07 Å². The molecule has 0 bridgehead atoms. The Kier molecular flexibility index (Phi) is 5.15. The molecule has 4 heterocycles. The quantitative estimate of drug-likeness (QED) is 0.493. The molecule has 0 radical (unpaired) electrons. The van der Waals surface area contributed by atoms with Crippen molar-refractivity contribution in [1.82, 2.24) is 24.7 Å². The van der Waals surface area contributed by atoms with Crippen LogP contribution in [-0.2, 0) is 0 Å². The van der Waals surface area contributed by atoms with Crippen LogP contribution in [0.4, 0.5) is 15.8 Å². The second kappa shape index (κ2) is 7.99. The molecule has 0 unspecified atom stereocenters. The van der Waals surface area contributed by atoms with E-state index >= 15 is 0 Å². The van der Waals surface area contributed by atoms with E-state index in [0.29, 0.717) is 28.7 Å². The van der Waals surface area contributed by atoms with Crippen molar-refractivity contribution >= 4 is 45.6 Å². The van der Waals surface area contributed by atoms with Gasteiger partial charge < -0.3 is 19.9 Å². The predicted octanol–water partition coefficient (Wildman–Crippen LogP) is 3.51. The van der Waals surface area contributed by atoms with Crippen molar-refractivity contribution in [2.24, 2.45) is 0 Å². The molecular weight excluding hydrogens is 433 g/mol. The van der Waals surface area contributed by atoms with Gasteiger partial charge in [-0.05, 0) is 26.0 Å². The number of carbonyl (C=O) groups excluding carboxylic acids is 1. The Bertz CT molecular complexity index is 1330. The first-order valence-electron chi connectivity index (χ1n) is 10.3. The summed E-state index contributed by atoms with van der Waals surface area (Å²) in [7, 11) is 0. The second-order valence-electron chi connectivity index (χ2n) is 8.08. The number of hydrogen-bond acceptors (Lipinski definition) is 6. The Balaban J connectivity index is 1.50. The Morgan fingerprint density at radius 3 is 2.62 bits per heavy atom. The number of aromatic nitrogens is 4. The lowest BCUT2D eigenvalue weighted by atomic mass is 10.1. The van der Waals surface area contributed by atoms with Gasteiger partial charge in [0, 0.05) is 56.0 Å². The van der Waals surface area contributed by atoms with Crippen LogP contribution in [0.15, 0.2) is 43.0 Å². The number of amides is 1. The number of hydrogen-bond donors (Lipinski definition) is 2. The van der Waals surface area contributed by atoms with E-state index in [0.717, 1.165) is 18.8 Å². The molecule has 8 nitrogen and oxygen atoms in total. The largest absolute Gasteiger partial charge is 0.367 e. The maximum absolute atomic E-state index is 14.4. The molecule has 1 aliphatic heterocycles. The molecule has 0 saturated carbocycles. The highest BCUT2D eigenvalue weighted by molar-refractivity contribution is 6.29. The van der Waals surface area contributed by atoms with Crippen molar-refractivity contribution in [3.05, 3.63) is 59.5 Å². The summed E-state index contributed by atoms with van der Waals surface area (Å²) in [5, 5.41) is 6.43. The highest BCUT2D eigenvalue weighted by Crippen LogP contribution is 2.29. The number of nitrogens with one attached hydrogen (secondary N) is 2. The summed E-state index contributed by atoms with van der Waals surface area (Å²) in [5.41, 5.74) is 2.81. The molecule has 1 saturated heterocycles. The van der Waals surface area contributed by atoms with Crippen molar-refractivity contribution in [2.75, 3.05) is 23.3 Å². The monoisotopic (exact) mass is 453 g/mol. The molecule has 1 aliphatic rings. The van der Waals surface area contributed by atoms with Crippen LogP contribution in [0.3, 0.4) is 0 Å². The summed E-state index contributed by atoms with van der Waals surface area (Å²) in [4.78, 5) is 28.2. The van der Waals surface area contributed by atoms with Gasteiger partial charge in [0.15, 0.2) is 11.5 Å². The molecule has 5 rings (SSSR count). The number of halogens is 2. The first-order chi connectivity index (χ1) is 15.4. The van der Waals surface area contributed by atoms with E-state index < -0.39 is 11.7 Å². The van der Waals surface area contributed by atoms with Crippen LogP contribution in [0.25, 0.3) is 16.7 Å². The average Bonchev–Trinajstić information content (AvgIpc) is 3.13. The SMILES string of the molecule is C[C@@H]1CN(c2ccc(C(=O)Nc3cc(F)c4nc(Cl)cn4c3)c3nccnc23)C[C@H](C)N1. The minimum absolute atomic E-state index is 0.0909. The zero-order chi connectivity index (χ0) is 22.4. The van der Waals surface area contributed by atoms with Gasteiger partial charge in [-0.15, -0.1) is 0 Å². The number of piperazine rings is 1. The van der Waals surface area contributed by atoms with Gasteiger partial charge >= 0.3 is 0 Å². The molecule has 1 fully saturated rings. The molecule has 2 atom stereocenters. The molecule has 164 valence electrons. The normalized spacial score (nSPS) is 18.9. The Hall–Kier alpha value is -3.30. The standard InChI is InChI=1S/C22H21ClFN7O/c1-12-8-30(9-13(2)27-12)17-4-3-15(19-20(17)26-6-5-25-19)22(32)28-14-7-16(24)21-29-18(23)11-31(21)10-14/h3-7,10-13,27H,8-9H2,1-2H3,(H,28,32)/t12-,13+. The molecule has 0 aliphatic carbocycles. The fourth-order valence-electron chi connectivity index (χ4n) is 4.30. The highest BCUT2D eigenvalue weighted by atomic mass is 35.5. The van der Waals surface area contributed by atoms with Crippen LogP contribution >= 0.6 is 11.6 Å². The first kappa shape index (κ1) is 20.6. The predicted molar refractivity (Wildman–Crippen MR) is 122 cm³/mol. The minimum atomic E-state index is -0.586. The zero-order valence-electron chi connectivity index (χ0n) is 17.5. The average molecular weight is 454 g/mol. The number of carbonyl (C=O) groups is 1. The highest BCUT2D eigenvalue weighted by Gasteiger charge is 2.24. The van der Waals surface area contributed by atoms with Gasteiger partial charge in [-0.2, -0.15) is 0 Å². The molecule has 4 aromatic rings. The van der Waals surface area contributed by atoms with Gasteiger partial charge in [0.2, 0.25) is 0 Å². The molecule has 1 amide bonds. The van der Waals surface area contributed by atoms with E-state index in [1.165, 1.54) is 16.7 Å². The van der Waals surface area contributed by atoms with Crippen LogP contribution in [0.2, 0.25) is 5.15 Å². The van der Waals surface area contributed by atoms with Crippen LogP contribution < -0.4 is 15.5 Å². The molecule has 32 heavy (non-hydrogen) atoms. The van der Waals surface area contributed by atoms with Crippen molar-refractivity contribution < 1.29 is 9.18 Å². The minimum Gasteiger partial charge on any atom is -0.367 e. The van der Waals surface area contributed by atoms with Crippen LogP contribution in [0.5, 0.6) is 0 Å². The van der Waals surface area contributed by atoms with Gasteiger partial charge in [0.05, 0.1) is 16.9 Å². The van der Waals surface area contributed by atoms with E-state index in [9.17, 15) is 9.18 Å².